The minimum Gasteiger partial charge on any atom is -0.379 e. The second-order valence-corrected chi connectivity index (χ2v) is 9.34. The lowest BCUT2D eigenvalue weighted by Gasteiger charge is -2.08. The molecule has 1 aromatic heterocycles. The van der Waals surface area contributed by atoms with Gasteiger partial charge >= 0.3 is 0 Å². The molecule has 1 amide bonds. The van der Waals surface area contributed by atoms with Crippen LogP contribution in [0, 0.1) is 11.8 Å². The summed E-state index contributed by atoms with van der Waals surface area (Å²) in [6.07, 6.45) is 8.06. The maximum Gasteiger partial charge on any atom is 0.222 e. The number of aromatic nitrogens is 3. The molecule has 0 unspecified atom stereocenters. The lowest BCUT2D eigenvalue weighted by molar-refractivity contribution is -0.122. The van der Waals surface area contributed by atoms with Crippen LogP contribution in [0.4, 0.5) is 0 Å². The number of aryl methyl sites for hydroxylation is 1. The number of rotatable bonds is 23. The van der Waals surface area contributed by atoms with Gasteiger partial charge in [-0.1, -0.05) is 45.7 Å². The molecule has 0 atom stereocenters. The maximum atomic E-state index is 11.6. The van der Waals surface area contributed by atoms with Gasteiger partial charge in [0.1, 0.15) is 0 Å². The predicted molar refractivity (Wildman–Crippen MR) is 133 cm³/mol. The number of nitrogens with one attached hydrogen (secondary N) is 1. The monoisotopic (exact) mass is 484 g/mol. The van der Waals surface area contributed by atoms with Gasteiger partial charge in [0.05, 0.1) is 65.1 Å². The third kappa shape index (κ3) is 18.8. The van der Waals surface area contributed by atoms with E-state index in [0.717, 1.165) is 31.0 Å². The largest absolute Gasteiger partial charge is 0.379 e. The van der Waals surface area contributed by atoms with Crippen LogP contribution in [0.2, 0.25) is 0 Å². The molecule has 1 N–H and O–H groups in total. The lowest BCUT2D eigenvalue weighted by atomic mass is 10.0. The summed E-state index contributed by atoms with van der Waals surface area (Å²) in [6, 6.07) is 0. The Morgan fingerprint density at radius 3 is 2.06 bits per heavy atom. The van der Waals surface area contributed by atoms with Crippen LogP contribution in [-0.2, 0) is 36.7 Å². The molecule has 9 heteroatoms. The Bertz CT molecular complexity index is 610. The smallest absolute Gasteiger partial charge is 0.222 e. The fourth-order valence-corrected chi connectivity index (χ4v) is 3.09. The van der Waals surface area contributed by atoms with Crippen LogP contribution in [-0.4, -0.2) is 80.3 Å². The number of hydrogen-bond acceptors (Lipinski definition) is 7. The molecule has 0 aliphatic heterocycles. The number of unbranched alkanes of at least 4 members (excludes halogenated alkanes) is 1. The molecular formula is C25H48N4O5. The lowest BCUT2D eigenvalue weighted by Crippen LogP contribution is -2.26. The van der Waals surface area contributed by atoms with Crippen molar-refractivity contribution in [2.24, 2.45) is 11.8 Å². The molecule has 0 fully saturated rings. The average molecular weight is 485 g/mol. The fraction of sp³-hybridized carbons (Fsp3) is 0.880. The van der Waals surface area contributed by atoms with Crippen LogP contribution >= 0.6 is 0 Å². The Balaban J connectivity index is 1.82. The normalized spacial score (nSPS) is 11.6. The Labute approximate surface area is 206 Å². The molecular weight excluding hydrogens is 436 g/mol. The molecule has 0 saturated carbocycles. The summed E-state index contributed by atoms with van der Waals surface area (Å²) in [5.74, 6) is 1.40. The first-order chi connectivity index (χ1) is 16.5. The van der Waals surface area contributed by atoms with Gasteiger partial charge in [-0.15, -0.1) is 5.10 Å². The topological polar surface area (TPSA) is 96.7 Å². The van der Waals surface area contributed by atoms with E-state index in [4.69, 9.17) is 18.9 Å². The summed E-state index contributed by atoms with van der Waals surface area (Å²) >= 11 is 0. The van der Waals surface area contributed by atoms with E-state index >= 15 is 0 Å². The van der Waals surface area contributed by atoms with Gasteiger partial charge in [-0.05, 0) is 31.1 Å². The summed E-state index contributed by atoms with van der Waals surface area (Å²) < 4.78 is 23.8. The highest BCUT2D eigenvalue weighted by Crippen LogP contribution is 2.09. The van der Waals surface area contributed by atoms with Gasteiger partial charge in [0.25, 0.3) is 0 Å². The van der Waals surface area contributed by atoms with E-state index in [9.17, 15) is 4.79 Å². The zero-order chi connectivity index (χ0) is 24.9. The molecule has 0 bridgehead atoms. The minimum absolute atomic E-state index is 0.0377. The molecule has 198 valence electrons. The van der Waals surface area contributed by atoms with Crippen LogP contribution in [0.1, 0.15) is 65.5 Å². The fourth-order valence-electron chi connectivity index (χ4n) is 3.09. The highest BCUT2D eigenvalue weighted by atomic mass is 16.6. The molecule has 34 heavy (non-hydrogen) atoms. The summed E-state index contributed by atoms with van der Waals surface area (Å²) in [6.45, 7) is 14.3. The molecule has 9 nitrogen and oxygen atoms in total. The molecule has 0 radical (unpaired) electrons. The van der Waals surface area contributed by atoms with Gasteiger partial charge in [-0.2, -0.15) is 0 Å². The van der Waals surface area contributed by atoms with E-state index in [2.05, 4.69) is 43.3 Å². The summed E-state index contributed by atoms with van der Waals surface area (Å²) in [4.78, 5) is 11.6. The Kier molecular flexibility index (Phi) is 18.6. The van der Waals surface area contributed by atoms with Crippen molar-refractivity contribution in [3.63, 3.8) is 0 Å². The molecule has 1 aromatic rings. The van der Waals surface area contributed by atoms with Gasteiger partial charge in [0.15, 0.2) is 0 Å². The van der Waals surface area contributed by atoms with Crippen molar-refractivity contribution in [1.29, 1.82) is 0 Å². The summed E-state index contributed by atoms with van der Waals surface area (Å²) in [7, 11) is 0. The van der Waals surface area contributed by atoms with Crippen LogP contribution in [0.5, 0.6) is 0 Å². The number of ether oxygens (including phenoxy) is 4. The standard InChI is InChI=1S/C25H48N4O5/c1-22(2)7-5-6-8-24-21-29(28-27-24)12-14-32-16-18-34-20-19-33-17-15-31-13-10-25(30)26-11-9-23(3)4/h21-23H,5-20H2,1-4H3,(H,26,30). The second-order valence-electron chi connectivity index (χ2n) is 9.34. The van der Waals surface area contributed by atoms with Crippen molar-refractivity contribution in [1.82, 2.24) is 20.3 Å². The van der Waals surface area contributed by atoms with Gasteiger partial charge < -0.3 is 24.3 Å². The van der Waals surface area contributed by atoms with Gasteiger partial charge in [-0.25, -0.2) is 4.68 Å². The SMILES string of the molecule is CC(C)CCCCc1cn(CCOCCOCCOCCOCCC(=O)NCCC(C)C)nn1. The Morgan fingerprint density at radius 1 is 0.853 bits per heavy atom. The third-order valence-corrected chi connectivity index (χ3v) is 5.15. The van der Waals surface area contributed by atoms with Crippen LogP contribution in [0.3, 0.4) is 0 Å². The van der Waals surface area contributed by atoms with E-state index in [0.29, 0.717) is 71.7 Å². The Hall–Kier alpha value is -1.55. The summed E-state index contributed by atoms with van der Waals surface area (Å²) in [5.41, 5.74) is 1.06. The van der Waals surface area contributed by atoms with E-state index < -0.39 is 0 Å². The van der Waals surface area contributed by atoms with E-state index in [1.807, 2.05) is 10.9 Å². The van der Waals surface area contributed by atoms with E-state index in [1.165, 1.54) is 19.3 Å². The molecule has 0 spiro atoms. The van der Waals surface area contributed by atoms with E-state index in [1.54, 1.807) is 0 Å². The first-order valence-corrected chi connectivity index (χ1v) is 12.9. The number of carbonyl (C=O) groups is 1. The van der Waals surface area contributed by atoms with Crippen molar-refractivity contribution in [2.45, 2.75) is 72.8 Å². The number of hydrogen-bond donors (Lipinski definition) is 1. The van der Waals surface area contributed by atoms with Crippen molar-refractivity contribution in [2.75, 3.05) is 59.4 Å². The highest BCUT2D eigenvalue weighted by molar-refractivity contribution is 5.75. The minimum atomic E-state index is 0.0377. The van der Waals surface area contributed by atoms with Crippen LogP contribution in [0.25, 0.3) is 0 Å². The van der Waals surface area contributed by atoms with Crippen molar-refractivity contribution in [3.8, 4) is 0 Å². The van der Waals surface area contributed by atoms with Gasteiger partial charge in [0.2, 0.25) is 5.91 Å². The third-order valence-electron chi connectivity index (χ3n) is 5.15. The number of amides is 1. The Morgan fingerprint density at radius 2 is 1.44 bits per heavy atom. The molecule has 0 aliphatic rings. The van der Waals surface area contributed by atoms with Gasteiger partial charge in [0, 0.05) is 19.2 Å². The first kappa shape index (κ1) is 30.5. The number of carbonyl (C=O) groups excluding carboxylic acids is 1. The molecule has 1 heterocycles. The van der Waals surface area contributed by atoms with Gasteiger partial charge in [-0.3, -0.25) is 4.79 Å². The van der Waals surface area contributed by atoms with Crippen molar-refractivity contribution >= 4 is 5.91 Å². The maximum absolute atomic E-state index is 11.6. The van der Waals surface area contributed by atoms with Crippen molar-refractivity contribution in [3.05, 3.63) is 11.9 Å². The molecule has 0 aliphatic carbocycles. The van der Waals surface area contributed by atoms with E-state index in [-0.39, 0.29) is 5.91 Å². The second kappa shape index (κ2) is 20.8. The quantitative estimate of drug-likeness (QED) is 0.238. The van der Waals surface area contributed by atoms with Crippen LogP contribution < -0.4 is 5.32 Å². The van der Waals surface area contributed by atoms with Crippen LogP contribution in [0.15, 0.2) is 6.20 Å². The average Bonchev–Trinajstić information content (AvgIpc) is 3.24. The predicted octanol–water partition coefficient (Wildman–Crippen LogP) is 3.27. The highest BCUT2D eigenvalue weighted by Gasteiger charge is 2.03. The molecule has 0 saturated heterocycles. The number of nitrogens with zero attached hydrogens (tertiary/aromatic N) is 3. The summed E-state index contributed by atoms with van der Waals surface area (Å²) in [5, 5.41) is 11.3. The molecule has 0 aromatic carbocycles. The van der Waals surface area contributed by atoms with Crippen molar-refractivity contribution < 1.29 is 23.7 Å². The first-order valence-electron chi connectivity index (χ1n) is 12.9. The zero-order valence-electron chi connectivity index (χ0n) is 21.9. The zero-order valence-corrected chi connectivity index (χ0v) is 21.9. The molecule has 1 rings (SSSR count).